The van der Waals surface area contributed by atoms with Crippen LogP contribution >= 0.6 is 11.8 Å². The van der Waals surface area contributed by atoms with Crippen molar-refractivity contribution < 1.29 is 34.1 Å². The monoisotopic (exact) mass is 1000 g/mol. The number of benzene rings is 4. The molecule has 0 bridgehead atoms. The van der Waals surface area contributed by atoms with E-state index in [1.54, 1.807) is 17.8 Å². The van der Waals surface area contributed by atoms with Crippen LogP contribution in [-0.2, 0) is 20.9 Å². The summed E-state index contributed by atoms with van der Waals surface area (Å²) in [4.78, 5) is 25.3. The Morgan fingerprint density at radius 3 is 2.31 bits per heavy atom. The van der Waals surface area contributed by atoms with Crippen LogP contribution in [0.15, 0.2) is 125 Å². The second-order valence-corrected chi connectivity index (χ2v) is 22.4. The topological polar surface area (TPSA) is 110 Å². The quantitative estimate of drug-likeness (QED) is 0.0230. The smallest absolute Gasteiger partial charge is 0.239 e. The van der Waals surface area contributed by atoms with Gasteiger partial charge in [-0.3, -0.25) is 4.79 Å². The molecule has 390 valence electrons. The fourth-order valence-electron chi connectivity index (χ4n) is 11.5. The highest BCUT2D eigenvalue weighted by molar-refractivity contribution is 7.99. The first-order valence-corrected chi connectivity index (χ1v) is 28.4. The van der Waals surface area contributed by atoms with Crippen LogP contribution < -0.4 is 9.47 Å². The number of rotatable bonds is 30. The molecule has 72 heavy (non-hydrogen) atoms. The van der Waals surface area contributed by atoms with Crippen LogP contribution in [0.5, 0.6) is 11.5 Å². The maximum Gasteiger partial charge on any atom is 0.239 e. The largest absolute Gasteiger partial charge is 0.493 e. The van der Waals surface area contributed by atoms with Gasteiger partial charge in [0.2, 0.25) is 11.7 Å². The first kappa shape index (κ1) is 55.1. The highest BCUT2D eigenvalue weighted by Gasteiger charge is 2.65. The third-order valence-electron chi connectivity index (χ3n) is 14.8. The summed E-state index contributed by atoms with van der Waals surface area (Å²) in [6, 6.07) is 30.8. The number of carbonyl (C=O) groups excluding carboxylic acids is 1. The van der Waals surface area contributed by atoms with E-state index in [0.29, 0.717) is 38.8 Å². The molecule has 2 aliphatic carbocycles. The Labute approximate surface area is 435 Å². The summed E-state index contributed by atoms with van der Waals surface area (Å²) in [5.41, 5.74) is 3.38. The van der Waals surface area contributed by atoms with Gasteiger partial charge in [0.25, 0.3) is 0 Å². The van der Waals surface area contributed by atoms with Crippen molar-refractivity contribution in [1.82, 2.24) is 4.90 Å². The Hall–Kier alpha value is -4.61. The second kappa shape index (κ2) is 27.6. The third-order valence-corrected chi connectivity index (χ3v) is 15.8. The van der Waals surface area contributed by atoms with Crippen molar-refractivity contribution in [2.75, 3.05) is 32.2 Å². The van der Waals surface area contributed by atoms with Crippen molar-refractivity contribution >= 4 is 34.2 Å². The number of oxime groups is 1. The van der Waals surface area contributed by atoms with Gasteiger partial charge in [0.1, 0.15) is 23.1 Å². The zero-order valence-corrected chi connectivity index (χ0v) is 44.7. The molecular formula is C62H84N2O7S. The van der Waals surface area contributed by atoms with Crippen LogP contribution in [0.3, 0.4) is 0 Å². The lowest BCUT2D eigenvalue weighted by atomic mass is 9.55. The van der Waals surface area contributed by atoms with Crippen molar-refractivity contribution in [3.63, 3.8) is 0 Å². The van der Waals surface area contributed by atoms with Gasteiger partial charge in [-0.25, -0.2) is 0 Å². The molecule has 1 amide bonds. The van der Waals surface area contributed by atoms with E-state index in [2.05, 4.69) is 103 Å². The van der Waals surface area contributed by atoms with Crippen molar-refractivity contribution in [3.05, 3.63) is 126 Å². The molecule has 0 spiro atoms. The van der Waals surface area contributed by atoms with Crippen LogP contribution in [0.2, 0.25) is 0 Å². The highest BCUT2D eigenvalue weighted by Crippen LogP contribution is 2.62. The predicted molar refractivity (Wildman–Crippen MR) is 295 cm³/mol. The molecule has 4 aromatic carbocycles. The maximum absolute atomic E-state index is 15.5. The average Bonchev–Trinajstić information content (AvgIpc) is 3.38. The second-order valence-electron chi connectivity index (χ2n) is 21.2. The number of aliphatic hydroxyl groups excluding tert-OH is 2. The molecule has 1 heterocycles. The van der Waals surface area contributed by atoms with E-state index in [4.69, 9.17) is 24.2 Å². The molecule has 4 aromatic rings. The molecule has 1 aliphatic heterocycles. The van der Waals surface area contributed by atoms with E-state index in [0.717, 1.165) is 95.4 Å². The van der Waals surface area contributed by atoms with Gasteiger partial charge in [-0.2, -0.15) is 0 Å². The lowest BCUT2D eigenvalue weighted by Gasteiger charge is -2.60. The number of unbranched alkanes of at least 4 members (excludes halogenated alkanes) is 10. The summed E-state index contributed by atoms with van der Waals surface area (Å²) in [6.45, 7) is 13.8. The Kier molecular flexibility index (Phi) is 21.2. The molecule has 6 atom stereocenters. The number of thioether (sulfide) groups is 1. The SMILES string of the molecule is C=CCO[C@@]12Oc3ccc(OCCSc4ccccc4)cc3[C@H]3[C@H](CCCCO)[C@@H](CCCCO)C=C(C(=NOC(C)(C)C)C[C@@H]1N(Cc1cccc4ccccc14)C(=O)CCCCCCCCCCC)[C@H]32. The van der Waals surface area contributed by atoms with Gasteiger partial charge in [-0.15, -0.1) is 18.3 Å². The fraction of sp³-hybridized carbons (Fsp3) is 0.548. The number of allylic oxidation sites excluding steroid dienone is 1. The Morgan fingerprint density at radius 2 is 1.57 bits per heavy atom. The molecule has 0 saturated heterocycles. The Morgan fingerprint density at radius 1 is 0.861 bits per heavy atom. The molecular weight excluding hydrogens is 917 g/mol. The number of carbonyl (C=O) groups is 1. The van der Waals surface area contributed by atoms with Crippen LogP contribution in [-0.4, -0.2) is 76.3 Å². The zero-order chi connectivity index (χ0) is 50.8. The highest BCUT2D eigenvalue weighted by atomic mass is 32.2. The molecule has 10 heteroatoms. The van der Waals surface area contributed by atoms with E-state index in [-0.39, 0.29) is 43.5 Å². The Balaban J connectivity index is 1.36. The molecule has 0 radical (unpaired) electrons. The summed E-state index contributed by atoms with van der Waals surface area (Å²) in [7, 11) is 0. The fourth-order valence-corrected chi connectivity index (χ4v) is 12.2. The minimum atomic E-state index is -1.35. The van der Waals surface area contributed by atoms with E-state index in [1.165, 1.54) is 43.4 Å². The summed E-state index contributed by atoms with van der Waals surface area (Å²) in [5.74, 6) is 0.693. The predicted octanol–water partition coefficient (Wildman–Crippen LogP) is 14.4. The molecule has 2 N–H and O–H groups in total. The number of aliphatic hydroxyl groups is 2. The van der Waals surface area contributed by atoms with Gasteiger partial charge in [0.05, 0.1) is 24.8 Å². The summed E-state index contributed by atoms with van der Waals surface area (Å²) >= 11 is 1.77. The van der Waals surface area contributed by atoms with Gasteiger partial charge < -0.3 is 34.2 Å². The molecule has 0 unspecified atom stereocenters. The van der Waals surface area contributed by atoms with Gasteiger partial charge >= 0.3 is 0 Å². The lowest BCUT2D eigenvalue weighted by molar-refractivity contribution is -0.258. The first-order chi connectivity index (χ1) is 35.1. The van der Waals surface area contributed by atoms with Gasteiger partial charge in [-0.1, -0.05) is 149 Å². The number of nitrogens with zero attached hydrogens (tertiary/aromatic N) is 2. The first-order valence-electron chi connectivity index (χ1n) is 27.4. The lowest BCUT2D eigenvalue weighted by Crippen LogP contribution is -2.70. The van der Waals surface area contributed by atoms with Crippen LogP contribution in [0.1, 0.15) is 154 Å². The normalized spacial score (nSPS) is 21.9. The van der Waals surface area contributed by atoms with Crippen molar-refractivity contribution in [2.24, 2.45) is 22.9 Å². The summed E-state index contributed by atoms with van der Waals surface area (Å²) < 4.78 is 21.6. The minimum Gasteiger partial charge on any atom is -0.493 e. The molecule has 1 fully saturated rings. The molecule has 1 saturated carbocycles. The van der Waals surface area contributed by atoms with E-state index in [9.17, 15) is 10.2 Å². The van der Waals surface area contributed by atoms with Crippen molar-refractivity contribution in [1.29, 1.82) is 0 Å². The number of amides is 1. The molecule has 0 aromatic heterocycles. The zero-order valence-electron chi connectivity index (χ0n) is 43.9. The Bertz CT molecular complexity index is 2370. The van der Waals surface area contributed by atoms with Crippen LogP contribution in [0.25, 0.3) is 10.8 Å². The van der Waals surface area contributed by atoms with Gasteiger partial charge in [0.15, 0.2) is 0 Å². The van der Waals surface area contributed by atoms with Crippen LogP contribution in [0, 0.1) is 17.8 Å². The van der Waals surface area contributed by atoms with E-state index >= 15 is 4.79 Å². The van der Waals surface area contributed by atoms with Gasteiger partial charge in [-0.05, 0) is 117 Å². The van der Waals surface area contributed by atoms with Crippen molar-refractivity contribution in [3.8, 4) is 11.5 Å². The number of ether oxygens (including phenoxy) is 3. The molecule has 3 aliphatic rings. The minimum absolute atomic E-state index is 0.0706. The third kappa shape index (κ3) is 14.4. The maximum atomic E-state index is 15.5. The molecule has 7 rings (SSSR count). The number of hydrogen-bond acceptors (Lipinski definition) is 9. The van der Waals surface area contributed by atoms with Gasteiger partial charge in [0, 0.05) is 54.7 Å². The number of hydrogen-bond donors (Lipinski definition) is 2. The number of fused-ring (bicyclic) bond motifs is 3. The molecule has 9 nitrogen and oxygen atoms in total. The van der Waals surface area contributed by atoms with Crippen LogP contribution in [0.4, 0.5) is 0 Å². The van der Waals surface area contributed by atoms with Crippen molar-refractivity contribution in [2.45, 2.75) is 172 Å². The standard InChI is InChI=1S/C62H84N2O7S/c1-6-8-9-10-11-12-13-14-18-34-58(67)64(45-48-29-25-28-46-26-19-20-32-51(46)48)57-44-55(63-71-61(3,4)5)53-42-47(27-21-23-37-65)52(33-22-24-38-66)59-54-43-49(68-40-41-72-50-30-16-15-17-31-50)35-36-56(54)70-62(57,60(53)59)69-39-7-2/h7,15-17,19-20,25-26,28-32,35-36,42-43,47,52,57,59-60,65-66H,2,6,8-14,18,21-24,27,33-34,37-41,44-45H2,1,3-5H3/t47-,52+,57-,59+,60+,62+/m0/s1. The average molecular weight is 1000 g/mol. The summed E-state index contributed by atoms with van der Waals surface area (Å²) in [5, 5.41) is 27.5. The van der Waals surface area contributed by atoms with E-state index < -0.39 is 23.3 Å². The van der Waals surface area contributed by atoms with E-state index in [1.807, 2.05) is 32.9 Å². The summed E-state index contributed by atoms with van der Waals surface area (Å²) in [6.07, 6.45) is 20.3.